The number of fused-ring (bicyclic) bond motifs is 1. The first-order valence-corrected chi connectivity index (χ1v) is 9.74. The Morgan fingerprint density at radius 3 is 2.71 bits per heavy atom. The number of anilines is 2. The number of hydrogen-bond acceptors (Lipinski definition) is 6. The lowest BCUT2D eigenvalue weighted by molar-refractivity contribution is -0.147. The van der Waals surface area contributed by atoms with Crippen LogP contribution in [0.1, 0.15) is 38.2 Å². The fourth-order valence-corrected chi connectivity index (χ4v) is 3.61. The molecule has 146 valence electrons. The Kier molecular flexibility index (Phi) is 4.98. The van der Waals surface area contributed by atoms with Gasteiger partial charge in [-0.3, -0.25) is 9.59 Å². The molecule has 0 radical (unpaired) electrons. The first-order valence-electron chi connectivity index (χ1n) is 9.74. The number of hydrogen-bond donors (Lipinski definition) is 2. The second-order valence-corrected chi connectivity index (χ2v) is 7.27. The van der Waals surface area contributed by atoms with Crippen LogP contribution in [0.25, 0.3) is 16.3 Å². The lowest BCUT2D eigenvalue weighted by atomic mass is 9.98. The molecule has 1 unspecified atom stereocenters. The van der Waals surface area contributed by atoms with Crippen molar-refractivity contribution < 1.29 is 14.3 Å². The van der Waals surface area contributed by atoms with Gasteiger partial charge in [-0.05, 0) is 49.6 Å². The molecule has 0 bridgehead atoms. The van der Waals surface area contributed by atoms with Gasteiger partial charge < -0.3 is 15.4 Å². The minimum atomic E-state index is -0.156. The maximum atomic E-state index is 12.1. The summed E-state index contributed by atoms with van der Waals surface area (Å²) < 4.78 is 5.17. The van der Waals surface area contributed by atoms with Crippen LogP contribution in [-0.4, -0.2) is 35.5 Å². The van der Waals surface area contributed by atoms with Crippen LogP contribution in [0.2, 0.25) is 0 Å². The molecule has 2 aromatic rings. The Hall–Kier alpha value is -2.96. The fourth-order valence-electron chi connectivity index (χ4n) is 3.61. The van der Waals surface area contributed by atoms with Gasteiger partial charge in [0.15, 0.2) is 0 Å². The highest BCUT2D eigenvalue weighted by atomic mass is 16.5. The van der Waals surface area contributed by atoms with Gasteiger partial charge in [0.1, 0.15) is 11.6 Å². The number of allylic oxidation sites excluding steroid dienone is 2. The first-order chi connectivity index (χ1) is 13.6. The predicted octanol–water partition coefficient (Wildman–Crippen LogP) is 3.38. The van der Waals surface area contributed by atoms with Crippen molar-refractivity contribution in [3.8, 4) is 0 Å². The van der Waals surface area contributed by atoms with Gasteiger partial charge in [-0.25, -0.2) is 9.97 Å². The van der Waals surface area contributed by atoms with Crippen molar-refractivity contribution in [2.24, 2.45) is 11.8 Å². The second-order valence-electron chi connectivity index (χ2n) is 7.27. The van der Waals surface area contributed by atoms with Crippen molar-refractivity contribution in [1.82, 2.24) is 9.97 Å². The molecule has 2 N–H and O–H groups in total. The third-order valence-corrected chi connectivity index (χ3v) is 5.29. The molecular formula is C21H24N4O3. The molecular weight excluding hydrogens is 356 g/mol. The van der Waals surface area contributed by atoms with Crippen molar-refractivity contribution >= 4 is 39.9 Å². The Labute approximate surface area is 163 Å². The number of nitrogens with one attached hydrogen (secondary N) is 2. The van der Waals surface area contributed by atoms with Gasteiger partial charge in [0.2, 0.25) is 5.91 Å². The number of esters is 1. The highest BCUT2D eigenvalue weighted by molar-refractivity contribution is 6.02. The monoisotopic (exact) mass is 380 g/mol. The third kappa shape index (κ3) is 3.56. The minimum Gasteiger partial charge on any atom is -0.466 e. The van der Waals surface area contributed by atoms with Crippen molar-refractivity contribution in [2.75, 3.05) is 24.3 Å². The zero-order chi connectivity index (χ0) is 19.7. The number of carbonyl (C=O) groups is 2. The smallest absolute Gasteiger partial charge is 0.309 e. The molecule has 0 aliphatic heterocycles. The predicted molar refractivity (Wildman–Crippen MR) is 108 cm³/mol. The summed E-state index contributed by atoms with van der Waals surface area (Å²) in [5.41, 5.74) is 2.04. The summed E-state index contributed by atoms with van der Waals surface area (Å²) in [6.45, 7) is 2.21. The molecule has 1 fully saturated rings. The highest BCUT2D eigenvalue weighted by Crippen LogP contribution is 2.38. The van der Waals surface area contributed by atoms with Crippen molar-refractivity contribution in [1.29, 1.82) is 0 Å². The number of aromatic nitrogens is 2. The van der Waals surface area contributed by atoms with Crippen LogP contribution in [0.3, 0.4) is 0 Å². The molecule has 0 aromatic carbocycles. The van der Waals surface area contributed by atoms with Crippen molar-refractivity contribution in [2.45, 2.75) is 32.6 Å². The fraction of sp³-hybridized carbons (Fsp3) is 0.429. The van der Waals surface area contributed by atoms with E-state index in [0.29, 0.717) is 25.3 Å². The molecule has 2 aliphatic rings. The van der Waals surface area contributed by atoms with Crippen LogP contribution in [0.15, 0.2) is 24.5 Å². The highest BCUT2D eigenvalue weighted by Gasteiger charge is 2.30. The number of amides is 1. The summed E-state index contributed by atoms with van der Waals surface area (Å²) in [7, 11) is 1.82. The van der Waals surface area contributed by atoms with Crippen LogP contribution >= 0.6 is 0 Å². The molecule has 2 heterocycles. The summed E-state index contributed by atoms with van der Waals surface area (Å²) in [5.74, 6) is 1.11. The van der Waals surface area contributed by atoms with Gasteiger partial charge in [0, 0.05) is 36.3 Å². The van der Waals surface area contributed by atoms with E-state index in [1.54, 1.807) is 6.20 Å². The third-order valence-electron chi connectivity index (χ3n) is 5.29. The van der Waals surface area contributed by atoms with E-state index in [9.17, 15) is 9.59 Å². The van der Waals surface area contributed by atoms with E-state index >= 15 is 0 Å². The normalized spacial score (nSPS) is 18.6. The Balaban J connectivity index is 1.67. The topological polar surface area (TPSA) is 93.2 Å². The minimum absolute atomic E-state index is 0.0266. The average molecular weight is 380 g/mol. The molecule has 7 heteroatoms. The van der Waals surface area contributed by atoms with Crippen LogP contribution in [-0.2, 0) is 14.3 Å². The number of pyridine rings is 2. The molecule has 0 saturated heterocycles. The van der Waals surface area contributed by atoms with Gasteiger partial charge in [0.25, 0.3) is 0 Å². The van der Waals surface area contributed by atoms with E-state index in [1.807, 2.05) is 26.2 Å². The Morgan fingerprint density at radius 1 is 1.18 bits per heavy atom. The van der Waals surface area contributed by atoms with Crippen molar-refractivity contribution in [3.05, 3.63) is 30.1 Å². The van der Waals surface area contributed by atoms with Gasteiger partial charge >= 0.3 is 5.97 Å². The quantitative estimate of drug-likeness (QED) is 0.747. The van der Waals surface area contributed by atoms with E-state index in [1.165, 1.54) is 0 Å². The van der Waals surface area contributed by atoms with Gasteiger partial charge in [-0.15, -0.1) is 0 Å². The summed E-state index contributed by atoms with van der Waals surface area (Å²) in [5, 5.41) is 7.83. The molecule has 2 aliphatic carbocycles. The average Bonchev–Trinajstić information content (AvgIpc) is 3.44. The van der Waals surface area contributed by atoms with Gasteiger partial charge in [-0.1, -0.05) is 6.08 Å². The van der Waals surface area contributed by atoms with Gasteiger partial charge in [0.05, 0.1) is 12.5 Å². The lowest BCUT2D eigenvalue weighted by Crippen LogP contribution is -2.15. The summed E-state index contributed by atoms with van der Waals surface area (Å²) in [6, 6.07) is 1.89. The molecule has 1 amide bonds. The zero-order valence-corrected chi connectivity index (χ0v) is 16.1. The summed E-state index contributed by atoms with van der Waals surface area (Å²) in [6.07, 6.45) is 8.82. The second kappa shape index (κ2) is 7.58. The number of rotatable bonds is 6. The molecule has 2 aromatic heterocycles. The van der Waals surface area contributed by atoms with Crippen LogP contribution < -0.4 is 10.6 Å². The lowest BCUT2D eigenvalue weighted by Gasteiger charge is -2.14. The molecule has 0 spiro atoms. The summed E-state index contributed by atoms with van der Waals surface area (Å²) >= 11 is 0. The maximum Gasteiger partial charge on any atom is 0.309 e. The number of carbonyl (C=O) groups excluding carboxylic acids is 2. The Morgan fingerprint density at radius 2 is 2.00 bits per heavy atom. The Bertz CT molecular complexity index is 966. The van der Waals surface area contributed by atoms with Crippen LogP contribution in [0, 0.1) is 11.8 Å². The van der Waals surface area contributed by atoms with E-state index in [0.717, 1.165) is 40.6 Å². The molecule has 7 nitrogen and oxygen atoms in total. The van der Waals surface area contributed by atoms with Crippen LogP contribution in [0.4, 0.5) is 11.6 Å². The number of nitrogens with zero attached hydrogens (tertiary/aromatic N) is 2. The van der Waals surface area contributed by atoms with E-state index in [-0.39, 0.29) is 23.7 Å². The summed E-state index contributed by atoms with van der Waals surface area (Å²) in [4.78, 5) is 33.1. The molecule has 1 atom stereocenters. The molecule has 28 heavy (non-hydrogen) atoms. The van der Waals surface area contributed by atoms with E-state index in [2.05, 4.69) is 26.7 Å². The largest absolute Gasteiger partial charge is 0.466 e. The van der Waals surface area contributed by atoms with Crippen molar-refractivity contribution in [3.63, 3.8) is 0 Å². The maximum absolute atomic E-state index is 12.1. The van der Waals surface area contributed by atoms with Gasteiger partial charge in [-0.2, -0.15) is 0 Å². The van der Waals surface area contributed by atoms with E-state index < -0.39 is 0 Å². The zero-order valence-electron chi connectivity index (χ0n) is 16.1. The number of ether oxygens (including phenoxy) is 1. The van der Waals surface area contributed by atoms with Crippen LogP contribution in [0.5, 0.6) is 0 Å². The molecule has 1 saturated carbocycles. The SMILES string of the molecule is CCOC(=O)C1CC=C(c2cnc(NC)c3cnc(NC(=O)C4CC4)cc23)C1. The van der Waals surface area contributed by atoms with E-state index in [4.69, 9.17) is 4.74 Å². The standard InChI is InChI=1S/C21H24N4O3/c1-3-28-21(27)14-7-6-13(8-14)16-10-24-19(22-2)17-11-23-18(9-15(16)17)25-20(26)12-4-5-12/h6,9-12,14H,3-5,7-8H2,1-2H3,(H,22,24)(H,23,25,26). The molecule has 4 rings (SSSR count). The first kappa shape index (κ1) is 18.4.